The molecule has 0 aliphatic carbocycles. The van der Waals surface area contributed by atoms with Gasteiger partial charge in [-0.25, -0.2) is 9.59 Å². The highest BCUT2D eigenvalue weighted by molar-refractivity contribution is 6.61. The van der Waals surface area contributed by atoms with Crippen molar-refractivity contribution in [3.05, 3.63) is 64.6 Å². The molecule has 9 heteroatoms. The maximum atomic E-state index is 13.2. The van der Waals surface area contributed by atoms with Crippen LogP contribution in [-0.2, 0) is 17.8 Å². The van der Waals surface area contributed by atoms with Crippen molar-refractivity contribution in [2.24, 2.45) is 11.7 Å². The molecule has 0 saturated heterocycles. The van der Waals surface area contributed by atoms with Crippen molar-refractivity contribution in [2.75, 3.05) is 18.6 Å². The molecule has 0 radical (unpaired) electrons. The van der Waals surface area contributed by atoms with Crippen molar-refractivity contribution in [3.8, 4) is 11.1 Å². The standard InChI is InChI=1S/C22H25N3O3.C3H5ClO2/c1-14(2)13-25-19(12-23)20(15-7-5-4-6-8-15)18-11-16(24(3)22(27)28)9-10-17(18)21(25)26;1-2-6-3(4)5/h4-11,14H,12-13,23H2,1-3H3,(H,27,28);2H2,1H3. The van der Waals surface area contributed by atoms with E-state index < -0.39 is 11.5 Å². The number of fused-ring (bicyclic) bond motifs is 1. The van der Waals surface area contributed by atoms with Crippen LogP contribution in [0.3, 0.4) is 0 Å². The number of anilines is 1. The molecule has 0 aliphatic heterocycles. The molecule has 182 valence electrons. The summed E-state index contributed by atoms with van der Waals surface area (Å²) in [4.78, 5) is 35.3. The van der Waals surface area contributed by atoms with Gasteiger partial charge in [-0.2, -0.15) is 0 Å². The lowest BCUT2D eigenvalue weighted by atomic mass is 9.95. The highest BCUT2D eigenvalue weighted by Crippen LogP contribution is 2.33. The zero-order chi connectivity index (χ0) is 25.4. The van der Waals surface area contributed by atoms with Gasteiger partial charge in [0, 0.05) is 54.1 Å². The number of benzene rings is 2. The molecule has 3 rings (SSSR count). The van der Waals surface area contributed by atoms with Crippen LogP contribution in [0, 0.1) is 5.92 Å². The first-order valence-electron chi connectivity index (χ1n) is 10.9. The third-order valence-electron chi connectivity index (χ3n) is 5.10. The van der Waals surface area contributed by atoms with Crippen LogP contribution >= 0.6 is 11.6 Å². The second kappa shape index (κ2) is 12.2. The van der Waals surface area contributed by atoms with Crippen LogP contribution in [-0.4, -0.2) is 34.8 Å². The van der Waals surface area contributed by atoms with Crippen molar-refractivity contribution >= 4 is 39.6 Å². The van der Waals surface area contributed by atoms with E-state index in [4.69, 9.17) is 17.3 Å². The van der Waals surface area contributed by atoms with E-state index in [9.17, 15) is 19.5 Å². The van der Waals surface area contributed by atoms with Crippen LogP contribution in [0.15, 0.2) is 53.3 Å². The zero-order valence-corrected chi connectivity index (χ0v) is 20.5. The van der Waals surface area contributed by atoms with Gasteiger partial charge in [-0.05, 0) is 42.0 Å². The van der Waals surface area contributed by atoms with E-state index in [1.807, 2.05) is 30.3 Å². The fraction of sp³-hybridized carbons (Fsp3) is 0.320. The van der Waals surface area contributed by atoms with Crippen LogP contribution in [0.2, 0.25) is 0 Å². The maximum Gasteiger partial charge on any atom is 0.411 e. The number of nitrogens with two attached hydrogens (primary N) is 1. The number of ether oxygens (including phenoxy) is 1. The quantitative estimate of drug-likeness (QED) is 0.457. The van der Waals surface area contributed by atoms with Gasteiger partial charge in [0.25, 0.3) is 5.56 Å². The van der Waals surface area contributed by atoms with Gasteiger partial charge in [-0.15, -0.1) is 0 Å². The Morgan fingerprint density at radius 3 is 2.26 bits per heavy atom. The van der Waals surface area contributed by atoms with E-state index in [0.29, 0.717) is 29.6 Å². The summed E-state index contributed by atoms with van der Waals surface area (Å²) < 4.78 is 5.93. The molecule has 1 aromatic heterocycles. The van der Waals surface area contributed by atoms with Crippen LogP contribution in [0.4, 0.5) is 15.3 Å². The highest BCUT2D eigenvalue weighted by Gasteiger charge is 2.19. The number of hydrogen-bond donors (Lipinski definition) is 2. The fourth-order valence-corrected chi connectivity index (χ4v) is 3.72. The number of rotatable bonds is 6. The number of halogens is 1. The van der Waals surface area contributed by atoms with Crippen molar-refractivity contribution in [1.29, 1.82) is 0 Å². The van der Waals surface area contributed by atoms with Gasteiger partial charge < -0.3 is 20.1 Å². The Bertz CT molecular complexity index is 1210. The minimum absolute atomic E-state index is 0.103. The SMILES string of the molecule is CC(C)Cn1c(CN)c(-c2ccccc2)c2cc(N(C)C(=O)O)ccc2c1=O.CCOC(=O)Cl. The molecule has 0 atom stereocenters. The minimum atomic E-state index is -1.06. The summed E-state index contributed by atoms with van der Waals surface area (Å²) in [7, 11) is 1.48. The average molecular weight is 488 g/mol. The summed E-state index contributed by atoms with van der Waals surface area (Å²) in [6.07, 6.45) is -1.06. The number of carbonyl (C=O) groups excluding carboxylic acids is 1. The Morgan fingerprint density at radius 2 is 1.79 bits per heavy atom. The predicted molar refractivity (Wildman–Crippen MR) is 136 cm³/mol. The molecule has 0 fully saturated rings. The molecule has 2 aromatic carbocycles. The topological polar surface area (TPSA) is 115 Å². The second-order valence-corrected chi connectivity index (χ2v) is 8.25. The van der Waals surface area contributed by atoms with E-state index in [-0.39, 0.29) is 18.0 Å². The van der Waals surface area contributed by atoms with Gasteiger partial charge in [0.15, 0.2) is 0 Å². The van der Waals surface area contributed by atoms with Crippen LogP contribution in [0.25, 0.3) is 21.9 Å². The zero-order valence-electron chi connectivity index (χ0n) is 19.7. The molecule has 1 heterocycles. The van der Waals surface area contributed by atoms with Crippen molar-refractivity contribution in [1.82, 2.24) is 4.57 Å². The van der Waals surface area contributed by atoms with Gasteiger partial charge >= 0.3 is 11.5 Å². The molecule has 0 saturated carbocycles. The normalized spacial score (nSPS) is 10.6. The number of pyridine rings is 1. The molecule has 0 bridgehead atoms. The number of aromatic nitrogens is 1. The first-order chi connectivity index (χ1) is 16.1. The number of carbonyl (C=O) groups is 2. The average Bonchev–Trinajstić information content (AvgIpc) is 2.80. The Morgan fingerprint density at radius 1 is 1.15 bits per heavy atom. The van der Waals surface area contributed by atoms with Crippen molar-refractivity contribution in [3.63, 3.8) is 0 Å². The minimum Gasteiger partial charge on any atom is -0.465 e. The third-order valence-corrected chi connectivity index (χ3v) is 5.21. The lowest BCUT2D eigenvalue weighted by Crippen LogP contribution is -2.29. The second-order valence-electron chi connectivity index (χ2n) is 7.94. The summed E-state index contributed by atoms with van der Waals surface area (Å²) in [6.45, 7) is 6.94. The third kappa shape index (κ3) is 6.36. The van der Waals surface area contributed by atoms with Gasteiger partial charge in [-0.1, -0.05) is 44.2 Å². The summed E-state index contributed by atoms with van der Waals surface area (Å²) in [5, 5.41) is 10.6. The van der Waals surface area contributed by atoms with E-state index in [2.05, 4.69) is 18.6 Å². The molecule has 0 aliphatic rings. The van der Waals surface area contributed by atoms with Gasteiger partial charge in [0.1, 0.15) is 0 Å². The van der Waals surface area contributed by atoms with E-state index >= 15 is 0 Å². The van der Waals surface area contributed by atoms with E-state index in [0.717, 1.165) is 21.7 Å². The molecule has 0 spiro atoms. The number of hydrogen-bond acceptors (Lipinski definition) is 5. The fourth-order valence-electron chi connectivity index (χ4n) is 3.61. The summed E-state index contributed by atoms with van der Waals surface area (Å²) in [5.41, 5.74) is 8.34. The van der Waals surface area contributed by atoms with Gasteiger partial charge in [0.2, 0.25) is 0 Å². The number of nitrogens with zero attached hydrogens (tertiary/aromatic N) is 2. The summed E-state index contributed by atoms with van der Waals surface area (Å²) >= 11 is 4.72. The van der Waals surface area contributed by atoms with Crippen LogP contribution < -0.4 is 16.2 Å². The Balaban J connectivity index is 0.000000604. The summed E-state index contributed by atoms with van der Waals surface area (Å²) in [5.74, 6) is 0.279. The number of carboxylic acid groups (broad SMARTS) is 1. The largest absolute Gasteiger partial charge is 0.465 e. The molecule has 0 unspecified atom stereocenters. The maximum absolute atomic E-state index is 13.2. The van der Waals surface area contributed by atoms with E-state index in [1.165, 1.54) is 7.05 Å². The monoisotopic (exact) mass is 487 g/mol. The molecule has 8 nitrogen and oxygen atoms in total. The van der Waals surface area contributed by atoms with Crippen LogP contribution in [0.5, 0.6) is 0 Å². The van der Waals surface area contributed by atoms with Crippen LogP contribution in [0.1, 0.15) is 26.5 Å². The van der Waals surface area contributed by atoms with Gasteiger partial charge in [0.05, 0.1) is 6.61 Å². The molecular formula is C25H30ClN3O5. The Labute approximate surface area is 203 Å². The highest BCUT2D eigenvalue weighted by atomic mass is 35.5. The number of amides is 1. The van der Waals surface area contributed by atoms with E-state index in [1.54, 1.807) is 29.7 Å². The summed E-state index contributed by atoms with van der Waals surface area (Å²) in [6, 6.07) is 14.9. The predicted octanol–water partition coefficient (Wildman–Crippen LogP) is 5.28. The first kappa shape index (κ1) is 26.9. The molecule has 3 aromatic rings. The van der Waals surface area contributed by atoms with Crippen molar-refractivity contribution in [2.45, 2.75) is 33.9 Å². The molecule has 1 amide bonds. The molecule has 34 heavy (non-hydrogen) atoms. The van der Waals surface area contributed by atoms with Gasteiger partial charge in [-0.3, -0.25) is 9.69 Å². The molecule has 3 N–H and O–H groups in total. The molecular weight excluding hydrogens is 458 g/mol. The first-order valence-corrected chi connectivity index (χ1v) is 11.2. The lowest BCUT2D eigenvalue weighted by molar-refractivity contribution is 0.180. The Hall–Kier alpha value is -3.36. The van der Waals surface area contributed by atoms with Crippen molar-refractivity contribution < 1.29 is 19.4 Å². The Kier molecular flexibility index (Phi) is 9.65. The lowest BCUT2D eigenvalue weighted by Gasteiger charge is -2.22. The smallest absolute Gasteiger partial charge is 0.411 e.